The minimum Gasteiger partial charge on any atom is -0.493 e. The van der Waals surface area contributed by atoms with Gasteiger partial charge in [0.1, 0.15) is 0 Å². The molecule has 2 N–H and O–H groups in total. The van der Waals surface area contributed by atoms with E-state index < -0.39 is 0 Å². The minimum atomic E-state index is -0.284. The molecule has 0 saturated carbocycles. The quantitative estimate of drug-likeness (QED) is 0.766. The highest BCUT2D eigenvalue weighted by Crippen LogP contribution is 2.30. The maximum Gasteiger partial charge on any atom is 0.319 e. The molecule has 0 saturated heterocycles. The summed E-state index contributed by atoms with van der Waals surface area (Å²) in [6.45, 7) is 7.34. The summed E-state index contributed by atoms with van der Waals surface area (Å²) < 4.78 is 12.8. The van der Waals surface area contributed by atoms with Crippen LogP contribution in [0.25, 0.3) is 0 Å². The zero-order valence-electron chi connectivity index (χ0n) is 15.2. The molecule has 0 aliphatic heterocycles. The molecule has 0 aliphatic rings. The summed E-state index contributed by atoms with van der Waals surface area (Å²) >= 11 is 0. The van der Waals surface area contributed by atoms with E-state index in [4.69, 9.17) is 9.47 Å². The second-order valence-electron chi connectivity index (χ2n) is 5.66. The highest BCUT2D eigenvalue weighted by Gasteiger charge is 2.13. The first-order chi connectivity index (χ1) is 12.1. The van der Waals surface area contributed by atoms with E-state index in [1.807, 2.05) is 32.0 Å². The van der Waals surface area contributed by atoms with Gasteiger partial charge in [0.25, 0.3) is 0 Å². The molecule has 2 aromatic rings. The number of benzene rings is 1. The predicted octanol–water partition coefficient (Wildman–Crippen LogP) is 3.58. The number of nitrogens with one attached hydrogen (secondary N) is 2. The number of nitrogens with zero attached hydrogens (tertiary/aromatic N) is 2. The lowest BCUT2D eigenvalue weighted by Gasteiger charge is -2.17. The zero-order chi connectivity index (χ0) is 18.2. The first-order valence-electron chi connectivity index (χ1n) is 8.48. The average molecular weight is 346 g/mol. The van der Waals surface area contributed by atoms with Crippen LogP contribution >= 0.6 is 0 Å². The molecule has 1 heterocycles. The Hall–Kier alpha value is -2.70. The van der Waals surface area contributed by atoms with E-state index in [0.29, 0.717) is 23.8 Å². The van der Waals surface area contributed by atoms with E-state index in [-0.39, 0.29) is 12.1 Å². The molecule has 1 atom stereocenters. The van der Waals surface area contributed by atoms with Crippen molar-refractivity contribution in [3.8, 4) is 11.5 Å². The zero-order valence-corrected chi connectivity index (χ0v) is 15.2. The number of hydrogen-bond acceptors (Lipinski definition) is 4. The molecule has 2 amide bonds. The summed E-state index contributed by atoms with van der Waals surface area (Å²) in [4.78, 5) is 12.1. The molecule has 0 unspecified atom stereocenters. The van der Waals surface area contributed by atoms with Gasteiger partial charge >= 0.3 is 6.03 Å². The predicted molar refractivity (Wildman–Crippen MR) is 97.3 cm³/mol. The Morgan fingerprint density at radius 2 is 2.12 bits per heavy atom. The number of anilines is 1. The number of carbonyl (C=O) groups excluding carboxylic acids is 1. The number of methoxy groups -OCH3 is 1. The Kier molecular flexibility index (Phi) is 6.68. The normalized spacial score (nSPS) is 11.7. The van der Waals surface area contributed by atoms with Gasteiger partial charge in [0.05, 0.1) is 31.6 Å². The molecule has 7 heteroatoms. The van der Waals surface area contributed by atoms with E-state index in [1.165, 1.54) is 0 Å². The maximum atomic E-state index is 12.1. The van der Waals surface area contributed by atoms with E-state index in [9.17, 15) is 4.79 Å². The van der Waals surface area contributed by atoms with E-state index in [0.717, 1.165) is 18.5 Å². The molecule has 2 rings (SSSR count). The van der Waals surface area contributed by atoms with E-state index in [1.54, 1.807) is 24.2 Å². The van der Waals surface area contributed by atoms with Crippen molar-refractivity contribution in [2.45, 2.75) is 39.8 Å². The largest absolute Gasteiger partial charge is 0.493 e. The summed E-state index contributed by atoms with van der Waals surface area (Å²) in [5.74, 6) is 1.36. The number of aromatic nitrogens is 2. The fourth-order valence-corrected chi connectivity index (χ4v) is 2.33. The Labute approximate surface area is 148 Å². The molecule has 1 aromatic carbocycles. The van der Waals surface area contributed by atoms with Crippen molar-refractivity contribution in [2.75, 3.05) is 19.0 Å². The lowest BCUT2D eigenvalue weighted by atomic mass is 10.1. The Balaban J connectivity index is 1.99. The van der Waals surface area contributed by atoms with Crippen LogP contribution in [0.5, 0.6) is 11.5 Å². The summed E-state index contributed by atoms with van der Waals surface area (Å²) in [5, 5.41) is 9.80. The standard InChI is InChI=1S/C18H26N4O3/c1-5-9-25-16-8-7-14(10-17(16)24-4)13(3)20-18(23)21-15-11-19-22(6-2)12-15/h7-8,10-13H,5-6,9H2,1-4H3,(H2,20,21,23)/t13-/m0/s1. The summed E-state index contributed by atoms with van der Waals surface area (Å²) in [6, 6.07) is 5.20. The monoisotopic (exact) mass is 346 g/mol. The molecular formula is C18H26N4O3. The van der Waals surface area contributed by atoms with Crippen LogP contribution in [0.3, 0.4) is 0 Å². The van der Waals surface area contributed by atoms with Crippen molar-refractivity contribution < 1.29 is 14.3 Å². The van der Waals surface area contributed by atoms with Crippen LogP contribution in [-0.2, 0) is 6.54 Å². The Morgan fingerprint density at radius 3 is 2.76 bits per heavy atom. The van der Waals surface area contributed by atoms with Crippen LogP contribution in [0.2, 0.25) is 0 Å². The van der Waals surface area contributed by atoms with Gasteiger partial charge in [0.15, 0.2) is 11.5 Å². The number of carbonyl (C=O) groups is 1. The maximum absolute atomic E-state index is 12.1. The highest BCUT2D eigenvalue weighted by atomic mass is 16.5. The lowest BCUT2D eigenvalue weighted by molar-refractivity contribution is 0.249. The number of rotatable bonds is 8. The third kappa shape index (κ3) is 5.14. The topological polar surface area (TPSA) is 77.4 Å². The molecule has 25 heavy (non-hydrogen) atoms. The van der Waals surface area contributed by atoms with Crippen LogP contribution in [0.15, 0.2) is 30.6 Å². The SMILES string of the molecule is CCCOc1ccc([C@H](C)NC(=O)Nc2cnn(CC)c2)cc1OC. The fraction of sp³-hybridized carbons (Fsp3) is 0.444. The number of aryl methyl sites for hydroxylation is 1. The van der Waals surface area contributed by atoms with Crippen molar-refractivity contribution in [2.24, 2.45) is 0 Å². The van der Waals surface area contributed by atoms with Crippen LogP contribution in [0.1, 0.15) is 38.8 Å². The molecular weight excluding hydrogens is 320 g/mol. The molecule has 0 fully saturated rings. The molecule has 0 aliphatic carbocycles. The van der Waals surface area contributed by atoms with Gasteiger partial charge in [-0.05, 0) is 38.0 Å². The summed E-state index contributed by atoms with van der Waals surface area (Å²) in [5.41, 5.74) is 1.59. The third-order valence-corrected chi connectivity index (χ3v) is 3.71. The molecule has 0 spiro atoms. The van der Waals surface area contributed by atoms with Crippen LogP contribution in [0, 0.1) is 0 Å². The Bertz CT molecular complexity index is 699. The van der Waals surface area contributed by atoms with Crippen molar-refractivity contribution in [3.63, 3.8) is 0 Å². The summed E-state index contributed by atoms with van der Waals surface area (Å²) in [7, 11) is 1.61. The second-order valence-corrected chi connectivity index (χ2v) is 5.66. The molecule has 0 radical (unpaired) electrons. The van der Waals surface area contributed by atoms with Gasteiger partial charge in [-0.1, -0.05) is 13.0 Å². The molecule has 136 valence electrons. The second kappa shape index (κ2) is 8.96. The van der Waals surface area contributed by atoms with Crippen molar-refractivity contribution in [1.82, 2.24) is 15.1 Å². The lowest BCUT2D eigenvalue weighted by Crippen LogP contribution is -2.31. The minimum absolute atomic E-state index is 0.185. The number of hydrogen-bond donors (Lipinski definition) is 2. The molecule has 0 bridgehead atoms. The molecule has 1 aromatic heterocycles. The van der Waals surface area contributed by atoms with E-state index in [2.05, 4.69) is 22.7 Å². The van der Waals surface area contributed by atoms with Crippen LogP contribution < -0.4 is 20.1 Å². The number of amides is 2. The van der Waals surface area contributed by atoms with Gasteiger partial charge in [-0.15, -0.1) is 0 Å². The Morgan fingerprint density at radius 1 is 1.32 bits per heavy atom. The van der Waals surface area contributed by atoms with Crippen molar-refractivity contribution in [3.05, 3.63) is 36.2 Å². The van der Waals surface area contributed by atoms with Gasteiger partial charge in [-0.25, -0.2) is 4.79 Å². The first kappa shape index (κ1) is 18.6. The van der Waals surface area contributed by atoms with Gasteiger partial charge in [0.2, 0.25) is 0 Å². The summed E-state index contributed by atoms with van der Waals surface area (Å²) in [6.07, 6.45) is 4.33. The number of ether oxygens (including phenoxy) is 2. The molecule has 7 nitrogen and oxygen atoms in total. The van der Waals surface area contributed by atoms with Crippen LogP contribution in [0.4, 0.5) is 10.5 Å². The number of urea groups is 1. The van der Waals surface area contributed by atoms with Gasteiger partial charge in [-0.3, -0.25) is 4.68 Å². The fourth-order valence-electron chi connectivity index (χ4n) is 2.33. The van der Waals surface area contributed by atoms with Crippen molar-refractivity contribution in [1.29, 1.82) is 0 Å². The van der Waals surface area contributed by atoms with Gasteiger partial charge in [0, 0.05) is 12.7 Å². The van der Waals surface area contributed by atoms with E-state index >= 15 is 0 Å². The van der Waals surface area contributed by atoms with Crippen LogP contribution in [-0.4, -0.2) is 29.5 Å². The third-order valence-electron chi connectivity index (χ3n) is 3.71. The average Bonchev–Trinajstić information content (AvgIpc) is 3.07. The first-order valence-corrected chi connectivity index (χ1v) is 8.48. The van der Waals surface area contributed by atoms with Crippen molar-refractivity contribution >= 4 is 11.7 Å². The van der Waals surface area contributed by atoms with Gasteiger partial charge in [-0.2, -0.15) is 5.10 Å². The smallest absolute Gasteiger partial charge is 0.319 e. The van der Waals surface area contributed by atoms with Gasteiger partial charge < -0.3 is 20.1 Å². The highest BCUT2D eigenvalue weighted by molar-refractivity contribution is 5.89.